The number of hydrogen-bond acceptors (Lipinski definition) is 8. The molecule has 0 bridgehead atoms. The number of hydrogen-bond donors (Lipinski definition) is 2. The third-order valence-electron chi connectivity index (χ3n) is 5.49. The fourth-order valence-corrected chi connectivity index (χ4v) is 3.64. The van der Waals surface area contributed by atoms with Crippen molar-refractivity contribution in [3.63, 3.8) is 0 Å². The highest BCUT2D eigenvalue weighted by atomic mass is 19.1. The molecule has 2 aromatic carbocycles. The summed E-state index contributed by atoms with van der Waals surface area (Å²) >= 11 is 0. The van der Waals surface area contributed by atoms with Crippen molar-refractivity contribution >= 4 is 11.5 Å². The molecule has 0 fully saturated rings. The van der Waals surface area contributed by atoms with Crippen molar-refractivity contribution in [1.29, 1.82) is 0 Å². The van der Waals surface area contributed by atoms with Gasteiger partial charge in [0.1, 0.15) is 17.3 Å². The molecule has 0 amide bonds. The number of nitrogens with two attached hydrogens (primary N) is 1. The van der Waals surface area contributed by atoms with Gasteiger partial charge in [-0.25, -0.2) is 9.18 Å². The van der Waals surface area contributed by atoms with Crippen LogP contribution in [0.1, 0.15) is 17.0 Å². The first-order chi connectivity index (χ1) is 16.9. The lowest BCUT2D eigenvalue weighted by Crippen LogP contribution is -2.38. The van der Waals surface area contributed by atoms with E-state index in [9.17, 15) is 14.0 Å². The van der Waals surface area contributed by atoms with Crippen LogP contribution in [0.2, 0.25) is 0 Å². The number of nitrogens with zero attached hydrogens (tertiary/aromatic N) is 4. The van der Waals surface area contributed by atoms with E-state index in [4.69, 9.17) is 15.0 Å². The maximum atomic E-state index is 14.0. The summed E-state index contributed by atoms with van der Waals surface area (Å²) < 4.78 is 25.7. The molecule has 0 saturated carbocycles. The largest absolute Gasteiger partial charge is 0.383 e. The van der Waals surface area contributed by atoms with Gasteiger partial charge in [-0.05, 0) is 24.1 Å². The summed E-state index contributed by atoms with van der Waals surface area (Å²) in [5.74, 6) is 0.0140. The van der Waals surface area contributed by atoms with Crippen molar-refractivity contribution in [2.45, 2.75) is 26.6 Å². The number of anilines is 2. The number of nitrogens with one attached hydrogen (secondary N) is 1. The zero-order chi connectivity index (χ0) is 24.9. The van der Waals surface area contributed by atoms with Crippen molar-refractivity contribution in [3.8, 4) is 11.4 Å². The molecule has 0 unspecified atom stereocenters. The average Bonchev–Trinajstić information content (AvgIpc) is 3.29. The average molecular weight is 481 g/mol. The number of aromatic amines is 1. The van der Waals surface area contributed by atoms with E-state index in [1.54, 1.807) is 24.0 Å². The van der Waals surface area contributed by atoms with Crippen LogP contribution in [-0.2, 0) is 24.4 Å². The van der Waals surface area contributed by atoms with Crippen LogP contribution in [0.15, 0.2) is 62.6 Å². The molecule has 3 N–H and O–H groups in total. The van der Waals surface area contributed by atoms with Crippen LogP contribution in [0.3, 0.4) is 0 Å². The highest BCUT2D eigenvalue weighted by Crippen LogP contribution is 2.23. The van der Waals surface area contributed by atoms with Gasteiger partial charge in [-0.15, -0.1) is 0 Å². The third kappa shape index (κ3) is 5.30. The molecule has 0 atom stereocenters. The van der Waals surface area contributed by atoms with E-state index >= 15 is 0 Å². The van der Waals surface area contributed by atoms with Gasteiger partial charge in [0, 0.05) is 19.2 Å². The molecule has 182 valence electrons. The van der Waals surface area contributed by atoms with Crippen LogP contribution in [0.25, 0.3) is 11.4 Å². The van der Waals surface area contributed by atoms with E-state index in [-0.39, 0.29) is 55.3 Å². The topological polar surface area (TPSA) is 132 Å². The van der Waals surface area contributed by atoms with E-state index in [0.29, 0.717) is 11.1 Å². The van der Waals surface area contributed by atoms with Gasteiger partial charge in [0.05, 0.1) is 19.7 Å². The molecule has 4 aromatic rings. The molecule has 2 aromatic heterocycles. The highest BCUT2D eigenvalue weighted by Gasteiger charge is 2.22. The monoisotopic (exact) mass is 480 g/mol. The smallest absolute Gasteiger partial charge is 0.330 e. The van der Waals surface area contributed by atoms with Crippen molar-refractivity contribution in [2.75, 3.05) is 24.4 Å². The number of nitrogen functional groups attached to an aromatic ring is 1. The van der Waals surface area contributed by atoms with Gasteiger partial charge in [0.25, 0.3) is 5.56 Å². The Bertz CT molecular complexity index is 1430. The summed E-state index contributed by atoms with van der Waals surface area (Å²) in [6.07, 6.45) is 0. The molecule has 0 radical (unpaired) electrons. The van der Waals surface area contributed by atoms with Gasteiger partial charge in [-0.3, -0.25) is 14.3 Å². The van der Waals surface area contributed by atoms with Gasteiger partial charge < -0.3 is 19.9 Å². The minimum absolute atomic E-state index is 0.00734. The third-order valence-corrected chi connectivity index (χ3v) is 5.49. The number of H-pyrrole nitrogens is 1. The molecule has 0 spiro atoms. The molecule has 35 heavy (non-hydrogen) atoms. The van der Waals surface area contributed by atoms with Crippen molar-refractivity contribution in [3.05, 3.63) is 92.2 Å². The molecule has 11 heteroatoms. The molecular formula is C24H25FN6O4. The lowest BCUT2D eigenvalue weighted by Gasteiger charge is -2.25. The molecule has 0 aliphatic rings. The molecule has 0 aliphatic heterocycles. The normalized spacial score (nSPS) is 11.1. The Balaban J connectivity index is 1.72. The fraction of sp³-hybridized carbons (Fsp3) is 0.250. The summed E-state index contributed by atoms with van der Waals surface area (Å²) in [6, 6.07) is 14.1. The van der Waals surface area contributed by atoms with Gasteiger partial charge in [0.2, 0.25) is 11.7 Å². The van der Waals surface area contributed by atoms with Gasteiger partial charge in [-0.1, -0.05) is 47.6 Å². The molecule has 0 saturated heterocycles. The van der Waals surface area contributed by atoms with Crippen molar-refractivity contribution in [1.82, 2.24) is 19.7 Å². The number of ether oxygens (including phenoxy) is 1. The first-order valence-electron chi connectivity index (χ1n) is 10.9. The lowest BCUT2D eigenvalue weighted by molar-refractivity contribution is 0.186. The van der Waals surface area contributed by atoms with E-state index in [1.807, 2.05) is 30.3 Å². The lowest BCUT2D eigenvalue weighted by atomic mass is 10.1. The summed E-state index contributed by atoms with van der Waals surface area (Å²) in [6.45, 7) is 2.35. The first kappa shape index (κ1) is 23.9. The van der Waals surface area contributed by atoms with Crippen LogP contribution in [0.5, 0.6) is 0 Å². The summed E-state index contributed by atoms with van der Waals surface area (Å²) in [4.78, 5) is 33.6. The Morgan fingerprint density at radius 2 is 1.94 bits per heavy atom. The SMILES string of the molecule is COCCn1c(N)c(N(Cc2ccccc2)Cc2nc(-c3ccc(C)c(F)c3)no2)c(=O)[nH]c1=O. The van der Waals surface area contributed by atoms with Gasteiger partial charge >= 0.3 is 5.69 Å². The molecule has 4 rings (SSSR count). The van der Waals surface area contributed by atoms with Crippen LogP contribution in [-0.4, -0.2) is 33.4 Å². The standard InChI is InChI=1S/C24H25FN6O4/c1-15-8-9-17(12-18(15)25)22-27-19(35-29-22)14-30(13-16-6-4-3-5-7-16)20-21(26)31(10-11-34-2)24(33)28-23(20)32/h3-9,12H,10-11,13-14,26H2,1-2H3,(H,28,32,33). The quantitative estimate of drug-likeness (QED) is 0.373. The number of rotatable bonds is 9. The maximum Gasteiger partial charge on any atom is 0.330 e. The number of halogens is 1. The van der Waals surface area contributed by atoms with Crippen LogP contribution < -0.4 is 21.9 Å². The second-order valence-electron chi connectivity index (χ2n) is 7.95. The van der Waals surface area contributed by atoms with E-state index < -0.39 is 11.2 Å². The van der Waals surface area contributed by atoms with Gasteiger partial charge in [-0.2, -0.15) is 4.98 Å². The Morgan fingerprint density at radius 1 is 1.17 bits per heavy atom. The van der Waals surface area contributed by atoms with E-state index in [1.165, 1.54) is 17.7 Å². The Kier molecular flexibility index (Phi) is 7.06. The molecule has 10 nitrogen and oxygen atoms in total. The highest BCUT2D eigenvalue weighted by molar-refractivity contribution is 5.62. The molecule has 2 heterocycles. The number of benzene rings is 2. The number of methoxy groups -OCH3 is 1. The summed E-state index contributed by atoms with van der Waals surface area (Å²) in [5.41, 5.74) is 6.97. The van der Waals surface area contributed by atoms with E-state index in [2.05, 4.69) is 15.1 Å². The van der Waals surface area contributed by atoms with Crippen LogP contribution >= 0.6 is 0 Å². The molecule has 0 aliphatic carbocycles. The number of aromatic nitrogens is 4. The predicted octanol–water partition coefficient (Wildman–Crippen LogP) is 2.47. The second-order valence-corrected chi connectivity index (χ2v) is 7.95. The Hall–Kier alpha value is -4.25. The minimum atomic E-state index is -0.641. The Morgan fingerprint density at radius 3 is 2.66 bits per heavy atom. The molecular weight excluding hydrogens is 455 g/mol. The van der Waals surface area contributed by atoms with Gasteiger partial charge in [0.15, 0.2) is 0 Å². The maximum absolute atomic E-state index is 14.0. The first-order valence-corrected chi connectivity index (χ1v) is 10.9. The second kappa shape index (κ2) is 10.3. The Labute approximate surface area is 199 Å². The van der Waals surface area contributed by atoms with Crippen molar-refractivity contribution in [2.24, 2.45) is 0 Å². The van der Waals surface area contributed by atoms with Crippen molar-refractivity contribution < 1.29 is 13.7 Å². The van der Waals surface area contributed by atoms with Crippen LogP contribution in [0.4, 0.5) is 15.9 Å². The summed E-state index contributed by atoms with van der Waals surface area (Å²) in [7, 11) is 1.50. The minimum Gasteiger partial charge on any atom is -0.383 e. The zero-order valence-electron chi connectivity index (χ0n) is 19.3. The fourth-order valence-electron chi connectivity index (χ4n) is 3.64. The number of aryl methyl sites for hydroxylation is 1. The summed E-state index contributed by atoms with van der Waals surface area (Å²) in [5, 5.41) is 3.96. The van der Waals surface area contributed by atoms with Crippen LogP contribution in [0, 0.1) is 12.7 Å². The predicted molar refractivity (Wildman–Crippen MR) is 128 cm³/mol. The van der Waals surface area contributed by atoms with E-state index in [0.717, 1.165) is 5.56 Å². The zero-order valence-corrected chi connectivity index (χ0v) is 19.3.